The van der Waals surface area contributed by atoms with Crippen molar-refractivity contribution in [1.29, 1.82) is 0 Å². The van der Waals surface area contributed by atoms with E-state index in [0.717, 1.165) is 17.2 Å². The van der Waals surface area contributed by atoms with Crippen molar-refractivity contribution in [3.63, 3.8) is 0 Å². The Labute approximate surface area is 76.6 Å². The summed E-state index contributed by atoms with van der Waals surface area (Å²) in [6, 6.07) is 3.77. The molecule has 1 amide bonds. The second kappa shape index (κ2) is 2.73. The lowest BCUT2D eigenvalue weighted by molar-refractivity contribution is -0.115. The van der Waals surface area contributed by atoms with Gasteiger partial charge in [-0.15, -0.1) is 0 Å². The lowest BCUT2D eigenvalue weighted by Crippen LogP contribution is -2.36. The van der Waals surface area contributed by atoms with Gasteiger partial charge in [0, 0.05) is 12.7 Å². The summed E-state index contributed by atoms with van der Waals surface area (Å²) in [7, 11) is 1.87. The first-order valence-corrected chi connectivity index (χ1v) is 4.15. The summed E-state index contributed by atoms with van der Waals surface area (Å²) < 4.78 is 0. The number of carbonyl (C=O) groups excluding carboxylic acids is 1. The van der Waals surface area contributed by atoms with Gasteiger partial charge in [-0.1, -0.05) is 0 Å². The average Bonchev–Trinajstić information content (AvgIpc) is 2.06. The number of pyridine rings is 1. The highest BCUT2D eigenvalue weighted by atomic mass is 16.2. The van der Waals surface area contributed by atoms with Gasteiger partial charge in [0.25, 0.3) is 0 Å². The number of carbonyl (C=O) groups is 1. The number of nitrogens with one attached hydrogen (secondary N) is 1. The molecule has 0 saturated carbocycles. The summed E-state index contributed by atoms with van der Waals surface area (Å²) in [5.74, 6) is 0.861. The van der Waals surface area contributed by atoms with E-state index in [1.165, 1.54) is 0 Å². The van der Waals surface area contributed by atoms with Crippen LogP contribution in [0.25, 0.3) is 0 Å². The molecule has 0 bridgehead atoms. The van der Waals surface area contributed by atoms with Gasteiger partial charge < -0.3 is 10.2 Å². The van der Waals surface area contributed by atoms with E-state index in [1.807, 2.05) is 31.0 Å². The van der Waals surface area contributed by atoms with Gasteiger partial charge in [-0.3, -0.25) is 4.79 Å². The predicted octanol–water partition coefficient (Wildman–Crippen LogP) is 0.778. The zero-order valence-electron chi connectivity index (χ0n) is 7.66. The fraction of sp³-hybridized carbons (Fsp3) is 0.333. The number of nitrogens with zero attached hydrogens (tertiary/aromatic N) is 2. The molecule has 0 saturated heterocycles. The normalized spacial score (nSPS) is 15.2. The van der Waals surface area contributed by atoms with Crippen molar-refractivity contribution < 1.29 is 4.79 Å². The van der Waals surface area contributed by atoms with Crippen LogP contribution in [-0.2, 0) is 4.79 Å². The van der Waals surface area contributed by atoms with Crippen molar-refractivity contribution >= 4 is 17.4 Å². The van der Waals surface area contributed by atoms with E-state index >= 15 is 0 Å². The molecule has 4 nitrogen and oxygen atoms in total. The molecule has 0 atom stereocenters. The van der Waals surface area contributed by atoms with Crippen LogP contribution in [0.2, 0.25) is 0 Å². The smallest absolute Gasteiger partial charge is 0.244 e. The van der Waals surface area contributed by atoms with Crippen LogP contribution in [0.1, 0.15) is 5.69 Å². The zero-order chi connectivity index (χ0) is 9.42. The molecule has 0 aliphatic carbocycles. The monoisotopic (exact) mass is 177 g/mol. The number of fused-ring (bicyclic) bond motifs is 1. The maximum Gasteiger partial charge on any atom is 0.244 e. The SMILES string of the molecule is Cc1ccc2c(n1)N(C)CC(=O)N2. The first-order chi connectivity index (χ1) is 6.16. The van der Waals surface area contributed by atoms with Gasteiger partial charge in [-0.05, 0) is 19.1 Å². The van der Waals surface area contributed by atoms with Crippen molar-refractivity contribution in [2.75, 3.05) is 23.8 Å². The Morgan fingerprint density at radius 2 is 2.31 bits per heavy atom. The summed E-state index contributed by atoms with van der Waals surface area (Å²) >= 11 is 0. The second-order valence-corrected chi connectivity index (χ2v) is 3.23. The summed E-state index contributed by atoms with van der Waals surface area (Å²) in [5, 5.41) is 2.77. The molecule has 2 rings (SSSR count). The molecule has 4 heteroatoms. The van der Waals surface area contributed by atoms with Crippen LogP contribution in [0.15, 0.2) is 12.1 Å². The molecule has 0 unspecified atom stereocenters. The number of hydrogen-bond acceptors (Lipinski definition) is 3. The Hall–Kier alpha value is -1.58. The van der Waals surface area contributed by atoms with Crippen LogP contribution < -0.4 is 10.2 Å². The Kier molecular flexibility index (Phi) is 1.69. The van der Waals surface area contributed by atoms with Gasteiger partial charge in [0.2, 0.25) is 5.91 Å². The van der Waals surface area contributed by atoms with Crippen LogP contribution in [0.4, 0.5) is 11.5 Å². The van der Waals surface area contributed by atoms with Crippen LogP contribution in [0, 0.1) is 6.92 Å². The molecular formula is C9H11N3O. The number of aryl methyl sites for hydroxylation is 1. The van der Waals surface area contributed by atoms with Gasteiger partial charge in [0.05, 0.1) is 12.2 Å². The molecule has 2 heterocycles. The molecule has 1 aromatic rings. The first kappa shape index (κ1) is 8.04. The third kappa shape index (κ3) is 1.35. The van der Waals surface area contributed by atoms with Crippen LogP contribution in [-0.4, -0.2) is 24.5 Å². The fourth-order valence-electron chi connectivity index (χ4n) is 1.41. The second-order valence-electron chi connectivity index (χ2n) is 3.23. The Balaban J connectivity index is 2.49. The maximum atomic E-state index is 11.1. The number of anilines is 2. The lowest BCUT2D eigenvalue weighted by atomic mass is 10.2. The van der Waals surface area contributed by atoms with Crippen LogP contribution in [0.3, 0.4) is 0 Å². The van der Waals surface area contributed by atoms with Crippen LogP contribution in [0.5, 0.6) is 0 Å². The minimum absolute atomic E-state index is 0.0145. The third-order valence-corrected chi connectivity index (χ3v) is 2.03. The standard InChI is InChI=1S/C9H11N3O/c1-6-3-4-7-9(10-6)12(2)5-8(13)11-7/h3-4H,5H2,1-2H3,(H,11,13). The van der Waals surface area contributed by atoms with E-state index in [4.69, 9.17) is 0 Å². The van der Waals surface area contributed by atoms with Gasteiger partial charge in [0.15, 0.2) is 5.82 Å². The van der Waals surface area contributed by atoms with Gasteiger partial charge in [-0.2, -0.15) is 0 Å². The van der Waals surface area contributed by atoms with Gasteiger partial charge in [0.1, 0.15) is 0 Å². The summed E-state index contributed by atoms with van der Waals surface area (Å²) in [4.78, 5) is 17.3. The molecule has 1 aliphatic heterocycles. The van der Waals surface area contributed by atoms with E-state index in [0.29, 0.717) is 6.54 Å². The molecule has 68 valence electrons. The van der Waals surface area contributed by atoms with Crippen molar-refractivity contribution in [3.05, 3.63) is 17.8 Å². The Morgan fingerprint density at radius 1 is 1.54 bits per heavy atom. The largest absolute Gasteiger partial charge is 0.349 e. The quantitative estimate of drug-likeness (QED) is 0.637. The molecule has 1 aliphatic rings. The Morgan fingerprint density at radius 3 is 3.08 bits per heavy atom. The minimum Gasteiger partial charge on any atom is -0.349 e. The zero-order valence-corrected chi connectivity index (χ0v) is 7.66. The maximum absolute atomic E-state index is 11.1. The summed E-state index contributed by atoms with van der Waals surface area (Å²) in [5.41, 5.74) is 1.76. The fourth-order valence-corrected chi connectivity index (χ4v) is 1.41. The molecule has 0 aromatic carbocycles. The highest BCUT2D eigenvalue weighted by Crippen LogP contribution is 2.25. The van der Waals surface area contributed by atoms with E-state index < -0.39 is 0 Å². The van der Waals surface area contributed by atoms with Crippen molar-refractivity contribution in [3.8, 4) is 0 Å². The van der Waals surface area contributed by atoms with Crippen molar-refractivity contribution in [2.24, 2.45) is 0 Å². The minimum atomic E-state index is 0.0145. The number of amides is 1. The molecule has 0 spiro atoms. The molecule has 0 radical (unpaired) electrons. The average molecular weight is 177 g/mol. The summed E-state index contributed by atoms with van der Waals surface area (Å²) in [6.45, 7) is 2.31. The van der Waals surface area contributed by atoms with E-state index in [1.54, 1.807) is 0 Å². The lowest BCUT2D eigenvalue weighted by Gasteiger charge is -2.25. The summed E-state index contributed by atoms with van der Waals surface area (Å²) in [6.07, 6.45) is 0. The highest BCUT2D eigenvalue weighted by molar-refractivity contribution is 6.00. The number of likely N-dealkylation sites (N-methyl/N-ethyl adjacent to an activating group) is 1. The van der Waals surface area contributed by atoms with Gasteiger partial charge in [-0.25, -0.2) is 4.98 Å². The number of hydrogen-bond donors (Lipinski definition) is 1. The molecule has 0 fully saturated rings. The Bertz CT molecular complexity index is 362. The van der Waals surface area contributed by atoms with E-state index in [2.05, 4.69) is 10.3 Å². The predicted molar refractivity (Wildman–Crippen MR) is 50.9 cm³/mol. The molecular weight excluding hydrogens is 166 g/mol. The number of rotatable bonds is 0. The van der Waals surface area contributed by atoms with Gasteiger partial charge >= 0.3 is 0 Å². The van der Waals surface area contributed by atoms with E-state index in [9.17, 15) is 4.79 Å². The van der Waals surface area contributed by atoms with Crippen molar-refractivity contribution in [2.45, 2.75) is 6.92 Å². The first-order valence-electron chi connectivity index (χ1n) is 4.15. The highest BCUT2D eigenvalue weighted by Gasteiger charge is 2.19. The molecule has 13 heavy (non-hydrogen) atoms. The number of aromatic nitrogens is 1. The van der Waals surface area contributed by atoms with E-state index in [-0.39, 0.29) is 5.91 Å². The van der Waals surface area contributed by atoms with Crippen LogP contribution >= 0.6 is 0 Å². The third-order valence-electron chi connectivity index (χ3n) is 2.03. The molecule has 1 aromatic heterocycles. The van der Waals surface area contributed by atoms with Crippen molar-refractivity contribution in [1.82, 2.24) is 4.98 Å². The molecule has 1 N–H and O–H groups in total. The topological polar surface area (TPSA) is 45.2 Å².